The van der Waals surface area contributed by atoms with Crippen LogP contribution in [0.2, 0.25) is 0 Å². The molecule has 1 aromatic carbocycles. The Morgan fingerprint density at radius 2 is 1.90 bits per heavy atom. The maximum atomic E-state index is 12.1. The van der Waals surface area contributed by atoms with Crippen molar-refractivity contribution in [3.05, 3.63) is 29.8 Å². The van der Waals surface area contributed by atoms with Crippen LogP contribution in [0, 0.1) is 0 Å². The summed E-state index contributed by atoms with van der Waals surface area (Å²) in [5.74, 6) is -0.160. The number of rotatable bonds is 4. The number of anilines is 1. The fourth-order valence-corrected chi connectivity index (χ4v) is 2.25. The molecular formula is C14H21N3O3. The van der Waals surface area contributed by atoms with Crippen LogP contribution in [-0.2, 0) is 11.3 Å². The number of carbonyl (C=O) groups excluding carboxylic acids is 1. The topological polar surface area (TPSA) is 98.8 Å². The van der Waals surface area contributed by atoms with Crippen LogP contribution in [0.3, 0.4) is 0 Å². The summed E-state index contributed by atoms with van der Waals surface area (Å²) in [7, 11) is 0. The van der Waals surface area contributed by atoms with E-state index in [1.807, 2.05) is 12.1 Å². The van der Waals surface area contributed by atoms with Gasteiger partial charge in [-0.25, -0.2) is 0 Å². The SMILES string of the molecule is CC(C(=O)Nc1ccc(CN)cc1)N1CC(O)C(O)C1. The minimum absolute atomic E-state index is 0.160. The zero-order valence-electron chi connectivity index (χ0n) is 11.5. The van der Waals surface area contributed by atoms with Crippen LogP contribution in [0.5, 0.6) is 0 Å². The first kappa shape index (κ1) is 14.9. The van der Waals surface area contributed by atoms with Crippen LogP contribution in [0.1, 0.15) is 12.5 Å². The predicted octanol–water partition coefficient (Wildman–Crippen LogP) is -0.490. The van der Waals surface area contributed by atoms with Gasteiger partial charge in [0.05, 0.1) is 18.2 Å². The van der Waals surface area contributed by atoms with Crippen molar-refractivity contribution in [2.75, 3.05) is 18.4 Å². The van der Waals surface area contributed by atoms with E-state index in [4.69, 9.17) is 5.73 Å². The van der Waals surface area contributed by atoms with E-state index in [0.29, 0.717) is 25.3 Å². The predicted molar refractivity (Wildman–Crippen MR) is 76.0 cm³/mol. The molecule has 1 heterocycles. The number of aliphatic hydroxyl groups is 2. The molecule has 0 spiro atoms. The third-order valence-corrected chi connectivity index (χ3v) is 3.67. The largest absolute Gasteiger partial charge is 0.389 e. The zero-order valence-corrected chi connectivity index (χ0v) is 11.5. The van der Waals surface area contributed by atoms with Crippen LogP contribution in [0.4, 0.5) is 5.69 Å². The lowest BCUT2D eigenvalue weighted by Crippen LogP contribution is -2.41. The van der Waals surface area contributed by atoms with Gasteiger partial charge in [0.2, 0.25) is 5.91 Å². The van der Waals surface area contributed by atoms with Gasteiger partial charge >= 0.3 is 0 Å². The maximum Gasteiger partial charge on any atom is 0.241 e. The number of hydrogen-bond donors (Lipinski definition) is 4. The standard InChI is InChI=1S/C14H21N3O3/c1-9(17-7-12(18)13(19)8-17)14(20)16-11-4-2-10(6-15)3-5-11/h2-5,9,12-13,18-19H,6-8,15H2,1H3,(H,16,20). The summed E-state index contributed by atoms with van der Waals surface area (Å²) in [6, 6.07) is 6.94. The Labute approximate surface area is 118 Å². The highest BCUT2D eigenvalue weighted by molar-refractivity contribution is 5.94. The van der Waals surface area contributed by atoms with Crippen molar-refractivity contribution in [1.82, 2.24) is 4.90 Å². The second-order valence-corrected chi connectivity index (χ2v) is 5.15. The van der Waals surface area contributed by atoms with Crippen LogP contribution in [0.25, 0.3) is 0 Å². The summed E-state index contributed by atoms with van der Waals surface area (Å²) < 4.78 is 0. The highest BCUT2D eigenvalue weighted by Gasteiger charge is 2.34. The van der Waals surface area contributed by atoms with E-state index in [2.05, 4.69) is 5.32 Å². The fourth-order valence-electron chi connectivity index (χ4n) is 2.25. The van der Waals surface area contributed by atoms with E-state index in [0.717, 1.165) is 5.56 Å². The highest BCUT2D eigenvalue weighted by atomic mass is 16.3. The molecule has 20 heavy (non-hydrogen) atoms. The van der Waals surface area contributed by atoms with Crippen molar-refractivity contribution in [3.63, 3.8) is 0 Å². The van der Waals surface area contributed by atoms with Gasteiger partial charge in [-0.3, -0.25) is 9.69 Å². The number of aliphatic hydroxyl groups excluding tert-OH is 2. The number of nitrogens with one attached hydrogen (secondary N) is 1. The van der Waals surface area contributed by atoms with Crippen molar-refractivity contribution >= 4 is 11.6 Å². The molecule has 6 nitrogen and oxygen atoms in total. The van der Waals surface area contributed by atoms with Crippen molar-refractivity contribution in [3.8, 4) is 0 Å². The summed E-state index contributed by atoms with van der Waals surface area (Å²) in [6.45, 7) is 2.84. The van der Waals surface area contributed by atoms with Gasteiger partial charge in [0.25, 0.3) is 0 Å². The van der Waals surface area contributed by atoms with Gasteiger partial charge in [-0.05, 0) is 24.6 Å². The van der Waals surface area contributed by atoms with Crippen molar-refractivity contribution < 1.29 is 15.0 Å². The molecule has 1 aliphatic rings. The Balaban J connectivity index is 1.93. The van der Waals surface area contributed by atoms with Gasteiger partial charge in [0.15, 0.2) is 0 Å². The first-order valence-electron chi connectivity index (χ1n) is 6.71. The lowest BCUT2D eigenvalue weighted by molar-refractivity contribution is -0.120. The maximum absolute atomic E-state index is 12.1. The Bertz CT molecular complexity index is 453. The molecule has 5 N–H and O–H groups in total. The number of benzene rings is 1. The molecule has 0 aliphatic carbocycles. The van der Waals surface area contributed by atoms with E-state index in [-0.39, 0.29) is 5.91 Å². The summed E-state index contributed by atoms with van der Waals surface area (Å²) >= 11 is 0. The third-order valence-electron chi connectivity index (χ3n) is 3.67. The van der Waals surface area contributed by atoms with E-state index >= 15 is 0 Å². The molecular weight excluding hydrogens is 258 g/mol. The molecule has 0 radical (unpaired) electrons. The zero-order chi connectivity index (χ0) is 14.7. The second-order valence-electron chi connectivity index (χ2n) is 5.15. The molecule has 6 heteroatoms. The molecule has 0 saturated carbocycles. The molecule has 1 aromatic rings. The smallest absolute Gasteiger partial charge is 0.241 e. The number of carbonyl (C=O) groups is 1. The van der Waals surface area contributed by atoms with Crippen LogP contribution >= 0.6 is 0 Å². The number of nitrogens with zero attached hydrogens (tertiary/aromatic N) is 1. The Hall–Kier alpha value is -1.47. The molecule has 1 aliphatic heterocycles. The lowest BCUT2D eigenvalue weighted by Gasteiger charge is -2.22. The normalized spacial score (nSPS) is 24.6. The monoisotopic (exact) mass is 279 g/mol. The minimum Gasteiger partial charge on any atom is -0.389 e. The average Bonchev–Trinajstić information content (AvgIpc) is 2.78. The number of likely N-dealkylation sites (tertiary alicyclic amines) is 1. The molecule has 3 atom stereocenters. The molecule has 1 saturated heterocycles. The summed E-state index contributed by atoms with van der Waals surface area (Å²) in [5, 5.41) is 21.8. The minimum atomic E-state index is -0.783. The van der Waals surface area contributed by atoms with Crippen molar-refractivity contribution in [2.24, 2.45) is 5.73 Å². The first-order valence-corrected chi connectivity index (χ1v) is 6.71. The van der Waals surface area contributed by atoms with E-state index in [1.54, 1.807) is 24.0 Å². The number of nitrogens with two attached hydrogens (primary N) is 1. The van der Waals surface area contributed by atoms with Gasteiger partial charge in [-0.2, -0.15) is 0 Å². The van der Waals surface area contributed by atoms with Crippen LogP contribution < -0.4 is 11.1 Å². The fraction of sp³-hybridized carbons (Fsp3) is 0.500. The Kier molecular flexibility index (Phi) is 4.72. The summed E-state index contributed by atoms with van der Waals surface area (Å²) in [6.07, 6.45) is -1.57. The van der Waals surface area contributed by atoms with Crippen molar-refractivity contribution in [2.45, 2.75) is 31.7 Å². The lowest BCUT2D eigenvalue weighted by atomic mass is 10.2. The molecule has 0 bridgehead atoms. The average molecular weight is 279 g/mol. The van der Waals surface area contributed by atoms with Gasteiger partial charge in [-0.1, -0.05) is 12.1 Å². The summed E-state index contributed by atoms with van der Waals surface area (Å²) in [4.78, 5) is 13.9. The van der Waals surface area contributed by atoms with Gasteiger partial charge in [-0.15, -0.1) is 0 Å². The van der Waals surface area contributed by atoms with E-state index < -0.39 is 18.2 Å². The number of amides is 1. The molecule has 2 rings (SSSR count). The molecule has 1 fully saturated rings. The molecule has 110 valence electrons. The van der Waals surface area contributed by atoms with Gasteiger partial charge in [0, 0.05) is 25.3 Å². The molecule has 0 aromatic heterocycles. The number of hydrogen-bond acceptors (Lipinski definition) is 5. The molecule has 1 amide bonds. The highest BCUT2D eigenvalue weighted by Crippen LogP contribution is 2.15. The van der Waals surface area contributed by atoms with Gasteiger partial charge < -0.3 is 21.3 Å². The Morgan fingerprint density at radius 3 is 2.40 bits per heavy atom. The molecule has 3 unspecified atom stereocenters. The van der Waals surface area contributed by atoms with Crippen LogP contribution in [0.15, 0.2) is 24.3 Å². The second kappa shape index (κ2) is 6.32. The van der Waals surface area contributed by atoms with Gasteiger partial charge in [0.1, 0.15) is 0 Å². The van der Waals surface area contributed by atoms with E-state index in [9.17, 15) is 15.0 Å². The Morgan fingerprint density at radius 1 is 1.35 bits per heavy atom. The van der Waals surface area contributed by atoms with E-state index in [1.165, 1.54) is 0 Å². The quantitative estimate of drug-likeness (QED) is 0.596. The number of β-amino-alcohol motifs (C(OH)–C–C–N with tert-alkyl or cyclic N) is 2. The van der Waals surface area contributed by atoms with Crippen LogP contribution in [-0.4, -0.2) is 52.4 Å². The third kappa shape index (κ3) is 3.34. The summed E-state index contributed by atoms with van der Waals surface area (Å²) in [5.41, 5.74) is 7.23. The first-order chi connectivity index (χ1) is 9.51. The van der Waals surface area contributed by atoms with Crippen molar-refractivity contribution in [1.29, 1.82) is 0 Å².